The fourth-order valence-corrected chi connectivity index (χ4v) is 2.03. The van der Waals surface area contributed by atoms with Gasteiger partial charge in [0.15, 0.2) is 0 Å². The SMILES string of the molecule is NCC(c1ccsc1)n1cccn1. The van der Waals surface area contributed by atoms with Crippen LogP contribution in [-0.2, 0) is 0 Å². The second kappa shape index (κ2) is 3.72. The molecule has 0 spiro atoms. The lowest BCUT2D eigenvalue weighted by molar-refractivity contribution is 0.533. The summed E-state index contributed by atoms with van der Waals surface area (Å²) in [5.41, 5.74) is 6.93. The topological polar surface area (TPSA) is 43.8 Å². The summed E-state index contributed by atoms with van der Waals surface area (Å²) >= 11 is 1.68. The van der Waals surface area contributed by atoms with Gasteiger partial charge in [0.2, 0.25) is 0 Å². The maximum Gasteiger partial charge on any atom is 0.0898 e. The first-order chi connectivity index (χ1) is 6.42. The van der Waals surface area contributed by atoms with Crippen LogP contribution in [0.3, 0.4) is 0 Å². The summed E-state index contributed by atoms with van der Waals surface area (Å²) in [5.74, 6) is 0. The van der Waals surface area contributed by atoms with Gasteiger partial charge in [0.1, 0.15) is 0 Å². The van der Waals surface area contributed by atoms with Crippen LogP contribution in [0.25, 0.3) is 0 Å². The highest BCUT2D eigenvalue weighted by atomic mass is 32.1. The Bertz CT molecular complexity index is 305. The molecule has 2 rings (SSSR count). The maximum atomic E-state index is 5.70. The molecule has 2 N–H and O–H groups in total. The zero-order valence-corrected chi connectivity index (χ0v) is 7.95. The molecule has 0 aliphatic heterocycles. The van der Waals surface area contributed by atoms with Crippen LogP contribution in [0, 0.1) is 0 Å². The van der Waals surface area contributed by atoms with Gasteiger partial charge in [-0.25, -0.2) is 0 Å². The van der Waals surface area contributed by atoms with Gasteiger partial charge in [-0.15, -0.1) is 0 Å². The average molecular weight is 193 g/mol. The van der Waals surface area contributed by atoms with Gasteiger partial charge in [0.25, 0.3) is 0 Å². The van der Waals surface area contributed by atoms with E-state index in [1.54, 1.807) is 17.5 Å². The van der Waals surface area contributed by atoms with Crippen LogP contribution in [-0.4, -0.2) is 16.3 Å². The fraction of sp³-hybridized carbons (Fsp3) is 0.222. The summed E-state index contributed by atoms with van der Waals surface area (Å²) in [5, 5.41) is 8.35. The first-order valence-corrected chi connectivity index (χ1v) is 5.07. The van der Waals surface area contributed by atoms with Gasteiger partial charge in [-0.2, -0.15) is 16.4 Å². The predicted octanol–water partition coefficient (Wildman–Crippen LogP) is 1.49. The van der Waals surface area contributed by atoms with Crippen LogP contribution in [0.5, 0.6) is 0 Å². The zero-order valence-electron chi connectivity index (χ0n) is 7.13. The Hall–Kier alpha value is -1.13. The molecule has 0 radical (unpaired) electrons. The molecular formula is C9H11N3S. The minimum Gasteiger partial charge on any atom is -0.328 e. The Labute approximate surface area is 80.8 Å². The molecule has 0 bridgehead atoms. The van der Waals surface area contributed by atoms with Crippen molar-refractivity contribution in [3.05, 3.63) is 40.8 Å². The normalized spacial score (nSPS) is 13.0. The summed E-state index contributed by atoms with van der Waals surface area (Å²) in [4.78, 5) is 0. The number of nitrogens with two attached hydrogens (primary N) is 1. The van der Waals surface area contributed by atoms with Crippen molar-refractivity contribution in [1.29, 1.82) is 0 Å². The van der Waals surface area contributed by atoms with Crippen molar-refractivity contribution in [3.8, 4) is 0 Å². The molecule has 0 amide bonds. The van der Waals surface area contributed by atoms with Crippen LogP contribution in [0.2, 0.25) is 0 Å². The minimum atomic E-state index is 0.182. The van der Waals surface area contributed by atoms with Gasteiger partial charge in [0, 0.05) is 18.9 Å². The quantitative estimate of drug-likeness (QED) is 0.802. The van der Waals surface area contributed by atoms with E-state index in [0.29, 0.717) is 6.54 Å². The van der Waals surface area contributed by atoms with Gasteiger partial charge in [-0.05, 0) is 28.5 Å². The van der Waals surface area contributed by atoms with Crippen molar-refractivity contribution in [2.45, 2.75) is 6.04 Å². The molecule has 1 atom stereocenters. The second-order valence-corrected chi connectivity index (χ2v) is 3.57. The Kier molecular flexibility index (Phi) is 2.42. The first-order valence-electron chi connectivity index (χ1n) is 4.13. The third-order valence-corrected chi connectivity index (χ3v) is 2.70. The Balaban J connectivity index is 2.29. The standard InChI is InChI=1S/C9H11N3S/c10-6-9(8-2-5-13-7-8)12-4-1-3-11-12/h1-5,7,9H,6,10H2. The highest BCUT2D eigenvalue weighted by molar-refractivity contribution is 7.07. The molecule has 68 valence electrons. The number of hydrogen-bond donors (Lipinski definition) is 1. The van der Waals surface area contributed by atoms with E-state index in [1.165, 1.54) is 5.56 Å². The van der Waals surface area contributed by atoms with Gasteiger partial charge < -0.3 is 5.73 Å². The van der Waals surface area contributed by atoms with Gasteiger partial charge in [0.05, 0.1) is 6.04 Å². The third kappa shape index (κ3) is 1.64. The van der Waals surface area contributed by atoms with E-state index in [-0.39, 0.29) is 6.04 Å². The van der Waals surface area contributed by atoms with Crippen molar-refractivity contribution in [3.63, 3.8) is 0 Å². The number of aromatic nitrogens is 2. The van der Waals surface area contributed by atoms with E-state index >= 15 is 0 Å². The number of thiophene rings is 1. The van der Waals surface area contributed by atoms with Crippen molar-refractivity contribution >= 4 is 11.3 Å². The lowest BCUT2D eigenvalue weighted by Crippen LogP contribution is -2.20. The van der Waals surface area contributed by atoms with Gasteiger partial charge >= 0.3 is 0 Å². The molecule has 2 aromatic heterocycles. The van der Waals surface area contributed by atoms with E-state index in [4.69, 9.17) is 5.73 Å². The van der Waals surface area contributed by atoms with Crippen LogP contribution in [0.15, 0.2) is 35.3 Å². The van der Waals surface area contributed by atoms with Crippen LogP contribution in [0.1, 0.15) is 11.6 Å². The Morgan fingerprint density at radius 3 is 3.08 bits per heavy atom. The lowest BCUT2D eigenvalue weighted by atomic mass is 10.1. The number of rotatable bonds is 3. The highest BCUT2D eigenvalue weighted by Crippen LogP contribution is 2.18. The van der Waals surface area contributed by atoms with E-state index < -0.39 is 0 Å². The Morgan fingerprint density at radius 2 is 2.54 bits per heavy atom. The summed E-state index contributed by atoms with van der Waals surface area (Å²) in [7, 11) is 0. The molecule has 0 fully saturated rings. The van der Waals surface area contributed by atoms with Crippen LogP contribution < -0.4 is 5.73 Å². The molecule has 0 saturated heterocycles. The van der Waals surface area contributed by atoms with Crippen LogP contribution >= 0.6 is 11.3 Å². The molecule has 0 saturated carbocycles. The number of hydrogen-bond acceptors (Lipinski definition) is 3. The molecule has 2 aromatic rings. The zero-order chi connectivity index (χ0) is 9.10. The predicted molar refractivity (Wildman–Crippen MR) is 53.7 cm³/mol. The molecule has 1 unspecified atom stereocenters. The second-order valence-electron chi connectivity index (χ2n) is 2.79. The summed E-state index contributed by atoms with van der Waals surface area (Å²) in [6.07, 6.45) is 3.71. The van der Waals surface area contributed by atoms with E-state index in [1.807, 2.05) is 16.9 Å². The molecule has 13 heavy (non-hydrogen) atoms. The molecule has 0 aliphatic rings. The van der Waals surface area contributed by atoms with E-state index in [2.05, 4.69) is 21.9 Å². The van der Waals surface area contributed by atoms with Gasteiger partial charge in [-0.3, -0.25) is 4.68 Å². The number of nitrogens with zero attached hydrogens (tertiary/aromatic N) is 2. The molecule has 3 nitrogen and oxygen atoms in total. The summed E-state index contributed by atoms with van der Waals surface area (Å²) < 4.78 is 1.89. The van der Waals surface area contributed by atoms with E-state index in [0.717, 1.165) is 0 Å². The van der Waals surface area contributed by atoms with E-state index in [9.17, 15) is 0 Å². The first kappa shape index (κ1) is 8.47. The van der Waals surface area contributed by atoms with Crippen LogP contribution in [0.4, 0.5) is 0 Å². The lowest BCUT2D eigenvalue weighted by Gasteiger charge is -2.13. The smallest absolute Gasteiger partial charge is 0.0898 e. The maximum absolute atomic E-state index is 5.70. The summed E-state index contributed by atoms with van der Waals surface area (Å²) in [6.45, 7) is 0.582. The third-order valence-electron chi connectivity index (χ3n) is 2.00. The monoisotopic (exact) mass is 193 g/mol. The molecule has 0 aromatic carbocycles. The summed E-state index contributed by atoms with van der Waals surface area (Å²) in [6, 6.07) is 4.18. The highest BCUT2D eigenvalue weighted by Gasteiger charge is 2.11. The fourth-order valence-electron chi connectivity index (χ4n) is 1.33. The van der Waals surface area contributed by atoms with Gasteiger partial charge in [-0.1, -0.05) is 0 Å². The molecule has 2 heterocycles. The van der Waals surface area contributed by atoms with Crippen molar-refractivity contribution in [1.82, 2.24) is 9.78 Å². The molecule has 4 heteroatoms. The Morgan fingerprint density at radius 1 is 1.62 bits per heavy atom. The largest absolute Gasteiger partial charge is 0.328 e. The average Bonchev–Trinajstić information content (AvgIpc) is 2.76. The van der Waals surface area contributed by atoms with Crippen molar-refractivity contribution in [2.75, 3.05) is 6.54 Å². The minimum absolute atomic E-state index is 0.182. The van der Waals surface area contributed by atoms with Crippen molar-refractivity contribution in [2.24, 2.45) is 5.73 Å². The molecule has 0 aliphatic carbocycles. The molecular weight excluding hydrogens is 182 g/mol. The van der Waals surface area contributed by atoms with Crippen molar-refractivity contribution < 1.29 is 0 Å².